The van der Waals surface area contributed by atoms with Crippen LogP contribution >= 0.6 is 0 Å². The minimum Gasteiger partial charge on any atom is -0.272 e. The fourth-order valence-corrected chi connectivity index (χ4v) is 3.31. The average Bonchev–Trinajstić information content (AvgIpc) is 2.75. The Hall–Kier alpha value is -3.22. The molecule has 1 aliphatic rings. The van der Waals surface area contributed by atoms with E-state index in [-0.39, 0.29) is 6.42 Å². The summed E-state index contributed by atoms with van der Waals surface area (Å²) in [7, 11) is 1.37. The molecule has 0 saturated heterocycles. The van der Waals surface area contributed by atoms with Crippen molar-refractivity contribution in [2.75, 3.05) is 0 Å². The molecule has 25 heavy (non-hydrogen) atoms. The average molecular weight is 336 g/mol. The molecule has 0 fully saturated rings. The molecule has 1 unspecified atom stereocenters. The van der Waals surface area contributed by atoms with Crippen LogP contribution in [0.15, 0.2) is 57.8 Å². The van der Waals surface area contributed by atoms with E-state index in [9.17, 15) is 14.4 Å². The monoisotopic (exact) mass is 336 g/mol. The fraction of sp³-hybridized carbons (Fsp3) is 0.222. The van der Waals surface area contributed by atoms with Gasteiger partial charge in [0.15, 0.2) is 0 Å². The lowest BCUT2D eigenvalue weighted by molar-refractivity contribution is 0.0876. The van der Waals surface area contributed by atoms with E-state index in [1.807, 2.05) is 43.3 Å². The van der Waals surface area contributed by atoms with Crippen LogP contribution in [0, 0.1) is 0 Å². The highest BCUT2D eigenvalue weighted by atomic mass is 16.2. The van der Waals surface area contributed by atoms with Crippen LogP contribution < -0.4 is 11.4 Å². The van der Waals surface area contributed by atoms with E-state index >= 15 is 0 Å². The van der Waals surface area contributed by atoms with E-state index in [0.717, 1.165) is 25.6 Å². The van der Waals surface area contributed by atoms with Gasteiger partial charge in [0.05, 0.1) is 5.69 Å². The van der Waals surface area contributed by atoms with Gasteiger partial charge >= 0.3 is 11.4 Å². The second-order valence-corrected chi connectivity index (χ2v) is 6.23. The number of rotatable bonds is 1. The van der Waals surface area contributed by atoms with Crippen molar-refractivity contribution in [3.05, 3.63) is 74.8 Å². The molecule has 0 radical (unpaired) electrons. The molecule has 1 aliphatic heterocycles. The van der Waals surface area contributed by atoms with Gasteiger partial charge < -0.3 is 0 Å². The van der Waals surface area contributed by atoms with Crippen molar-refractivity contribution in [3.63, 3.8) is 0 Å². The Balaban J connectivity index is 2.11. The molecule has 0 aliphatic carbocycles. The highest BCUT2D eigenvalue weighted by molar-refractivity contribution is 5.85. The first-order chi connectivity index (χ1) is 12.0. The van der Waals surface area contributed by atoms with Gasteiger partial charge in [-0.25, -0.2) is 18.8 Å². The number of benzene rings is 1. The molecule has 0 N–H and O–H groups in total. The van der Waals surface area contributed by atoms with Crippen molar-refractivity contribution in [3.8, 4) is 0 Å². The van der Waals surface area contributed by atoms with E-state index in [1.54, 1.807) is 6.20 Å². The second-order valence-electron chi connectivity index (χ2n) is 6.23. The lowest BCUT2D eigenvalue weighted by Gasteiger charge is -2.16. The molecule has 2 aromatic heterocycles. The Morgan fingerprint density at radius 3 is 2.64 bits per heavy atom. The zero-order valence-electron chi connectivity index (χ0n) is 13.8. The molecule has 7 nitrogen and oxygen atoms in total. The van der Waals surface area contributed by atoms with Crippen LogP contribution in [-0.4, -0.2) is 24.8 Å². The Labute approximate surface area is 142 Å². The number of carbonyl (C=O) groups excluding carboxylic acids is 1. The number of aromatic nitrogens is 4. The van der Waals surface area contributed by atoms with Gasteiger partial charge in [-0.3, -0.25) is 9.78 Å². The van der Waals surface area contributed by atoms with E-state index in [4.69, 9.17) is 0 Å². The van der Waals surface area contributed by atoms with Gasteiger partial charge in [0.1, 0.15) is 6.04 Å². The maximum atomic E-state index is 12.7. The number of hydrogen-bond donors (Lipinski definition) is 0. The molecule has 0 spiro atoms. The van der Waals surface area contributed by atoms with E-state index in [2.05, 4.69) is 4.98 Å². The van der Waals surface area contributed by atoms with E-state index in [0.29, 0.717) is 5.69 Å². The number of fused-ring (bicyclic) bond motifs is 2. The van der Waals surface area contributed by atoms with Gasteiger partial charge in [0.25, 0.3) is 5.91 Å². The van der Waals surface area contributed by atoms with Crippen molar-refractivity contribution in [2.45, 2.75) is 19.4 Å². The molecule has 1 atom stereocenters. The lowest BCUT2D eigenvalue weighted by Crippen LogP contribution is -2.33. The summed E-state index contributed by atoms with van der Waals surface area (Å²) in [6.07, 6.45) is 3.59. The number of pyridine rings is 1. The van der Waals surface area contributed by atoms with Gasteiger partial charge in [-0.05, 0) is 18.4 Å². The number of allylic oxidation sites excluding steroid dienone is 2. The van der Waals surface area contributed by atoms with Crippen LogP contribution in [-0.2, 0) is 7.05 Å². The normalized spacial score (nSPS) is 17.3. The van der Waals surface area contributed by atoms with Crippen LogP contribution in [0.2, 0.25) is 0 Å². The third-order valence-corrected chi connectivity index (χ3v) is 4.52. The smallest absolute Gasteiger partial charge is 0.272 e. The van der Waals surface area contributed by atoms with Crippen LogP contribution in [0.1, 0.15) is 29.9 Å². The molecule has 3 aromatic rings. The summed E-state index contributed by atoms with van der Waals surface area (Å²) in [5, 5.41) is 1.86. The van der Waals surface area contributed by atoms with Gasteiger partial charge in [0.2, 0.25) is 0 Å². The molecule has 0 saturated carbocycles. The molecule has 1 aromatic carbocycles. The number of carbonyl (C=O) groups is 1. The zero-order valence-corrected chi connectivity index (χ0v) is 13.8. The van der Waals surface area contributed by atoms with Crippen LogP contribution in [0.3, 0.4) is 0 Å². The standard InChI is InChI=1S/C18H16N4O3/c1-11-9-14(16-13-6-4-3-5-12(13)7-8-19-16)21-17(24)20(2)18(25)22(21)15(23)10-11/h3-9,14H,10H2,1-2H3. The Bertz CT molecular complexity index is 1160. The molecule has 0 bridgehead atoms. The summed E-state index contributed by atoms with van der Waals surface area (Å²) in [6.45, 7) is 1.82. The maximum Gasteiger partial charge on any atom is 0.354 e. The van der Waals surface area contributed by atoms with E-state index < -0.39 is 23.3 Å². The minimum atomic E-state index is -0.636. The van der Waals surface area contributed by atoms with Crippen molar-refractivity contribution in [1.29, 1.82) is 0 Å². The first-order valence-corrected chi connectivity index (χ1v) is 7.93. The largest absolute Gasteiger partial charge is 0.354 e. The summed E-state index contributed by atoms with van der Waals surface area (Å²) in [6, 6.07) is 8.96. The third-order valence-electron chi connectivity index (χ3n) is 4.52. The number of nitrogens with zero attached hydrogens (tertiary/aromatic N) is 4. The highest BCUT2D eigenvalue weighted by Crippen LogP contribution is 2.27. The van der Waals surface area contributed by atoms with Gasteiger partial charge in [0, 0.05) is 25.1 Å². The summed E-state index contributed by atoms with van der Waals surface area (Å²) in [5.41, 5.74) is 0.253. The first kappa shape index (κ1) is 15.3. The quantitative estimate of drug-likeness (QED) is 0.631. The SMILES string of the molecule is CC1=CC(c2nccc3ccccc23)n2c(=O)n(C)c(=O)n2C(=O)C1. The molecule has 3 heterocycles. The molecule has 126 valence electrons. The van der Waals surface area contributed by atoms with Crippen molar-refractivity contribution in [2.24, 2.45) is 7.05 Å². The summed E-state index contributed by atoms with van der Waals surface area (Å²) < 4.78 is 3.09. The Morgan fingerprint density at radius 1 is 1.08 bits per heavy atom. The van der Waals surface area contributed by atoms with Gasteiger partial charge in [-0.15, -0.1) is 0 Å². The second kappa shape index (κ2) is 5.41. The van der Waals surface area contributed by atoms with Crippen molar-refractivity contribution < 1.29 is 4.79 Å². The van der Waals surface area contributed by atoms with Crippen LogP contribution in [0.5, 0.6) is 0 Å². The molecule has 4 rings (SSSR count). The van der Waals surface area contributed by atoms with Crippen LogP contribution in [0.25, 0.3) is 10.8 Å². The molecule has 0 amide bonds. The van der Waals surface area contributed by atoms with Crippen LogP contribution in [0.4, 0.5) is 0 Å². The summed E-state index contributed by atoms with van der Waals surface area (Å²) in [4.78, 5) is 42.0. The van der Waals surface area contributed by atoms with E-state index in [1.165, 1.54) is 11.7 Å². The summed E-state index contributed by atoms with van der Waals surface area (Å²) >= 11 is 0. The summed E-state index contributed by atoms with van der Waals surface area (Å²) in [5.74, 6) is -0.417. The lowest BCUT2D eigenvalue weighted by atomic mass is 10.0. The van der Waals surface area contributed by atoms with Gasteiger partial charge in [-0.2, -0.15) is 4.68 Å². The predicted molar refractivity (Wildman–Crippen MR) is 92.8 cm³/mol. The highest BCUT2D eigenvalue weighted by Gasteiger charge is 2.29. The predicted octanol–water partition coefficient (Wildman–Crippen LogP) is 1.48. The van der Waals surface area contributed by atoms with Crippen molar-refractivity contribution in [1.82, 2.24) is 18.9 Å². The Kier molecular flexibility index (Phi) is 3.31. The van der Waals surface area contributed by atoms with Gasteiger partial charge in [-0.1, -0.05) is 35.9 Å². The number of hydrogen-bond acceptors (Lipinski definition) is 4. The first-order valence-electron chi connectivity index (χ1n) is 7.93. The minimum absolute atomic E-state index is 0.0879. The zero-order chi connectivity index (χ0) is 17.7. The maximum absolute atomic E-state index is 12.7. The Morgan fingerprint density at radius 2 is 1.84 bits per heavy atom. The molecule has 7 heteroatoms. The van der Waals surface area contributed by atoms with Crippen molar-refractivity contribution >= 4 is 16.7 Å². The molecular weight excluding hydrogens is 320 g/mol. The third kappa shape index (κ3) is 2.20. The molecular formula is C18H16N4O3. The fourth-order valence-electron chi connectivity index (χ4n) is 3.31. The topological polar surface area (TPSA) is 78.9 Å².